The first kappa shape index (κ1) is 12.1. The van der Waals surface area contributed by atoms with Gasteiger partial charge in [0.1, 0.15) is 0 Å². The Labute approximate surface area is 106 Å². The number of halogens is 1. The van der Waals surface area contributed by atoms with E-state index in [-0.39, 0.29) is 6.04 Å². The first-order valence-corrected chi connectivity index (χ1v) is 5.89. The number of aromatic nitrogens is 1. The molecule has 2 aromatic rings. The van der Waals surface area contributed by atoms with Crippen LogP contribution < -0.4 is 5.73 Å². The minimum atomic E-state index is -0.205. The zero-order valence-electron chi connectivity index (χ0n) is 9.94. The van der Waals surface area contributed by atoms with Gasteiger partial charge in [-0.05, 0) is 31.0 Å². The third-order valence-electron chi connectivity index (χ3n) is 2.74. The highest BCUT2D eigenvalue weighted by Gasteiger charge is 2.12. The second-order valence-corrected chi connectivity index (χ2v) is 4.70. The third-order valence-corrected chi connectivity index (χ3v) is 3.06. The molecule has 1 aromatic carbocycles. The first-order chi connectivity index (χ1) is 8.08. The van der Waals surface area contributed by atoms with Crippen LogP contribution in [0.2, 0.25) is 5.02 Å². The van der Waals surface area contributed by atoms with E-state index in [9.17, 15) is 0 Å². The maximum atomic E-state index is 6.24. The second-order valence-electron chi connectivity index (χ2n) is 4.30. The Hall–Kier alpha value is -1.38. The molecular formula is C14H15ClN2. The molecule has 88 valence electrons. The SMILES string of the molecule is Cc1cc(C)cc(C(N)c2ccncc2Cl)c1. The highest BCUT2D eigenvalue weighted by molar-refractivity contribution is 6.31. The molecule has 0 aliphatic heterocycles. The highest BCUT2D eigenvalue weighted by atomic mass is 35.5. The molecule has 3 heteroatoms. The van der Waals surface area contributed by atoms with Crippen molar-refractivity contribution in [2.24, 2.45) is 5.73 Å². The quantitative estimate of drug-likeness (QED) is 0.882. The first-order valence-electron chi connectivity index (χ1n) is 5.51. The number of nitrogens with two attached hydrogens (primary N) is 1. The normalized spacial score (nSPS) is 12.5. The van der Waals surface area contributed by atoms with E-state index in [0.717, 1.165) is 11.1 Å². The summed E-state index contributed by atoms with van der Waals surface area (Å²) in [5, 5.41) is 0.610. The van der Waals surface area contributed by atoms with Crippen molar-refractivity contribution in [2.45, 2.75) is 19.9 Å². The number of benzene rings is 1. The van der Waals surface area contributed by atoms with Crippen LogP contribution in [0.25, 0.3) is 0 Å². The van der Waals surface area contributed by atoms with Crippen molar-refractivity contribution in [1.82, 2.24) is 4.98 Å². The van der Waals surface area contributed by atoms with Gasteiger partial charge in [0.2, 0.25) is 0 Å². The summed E-state index contributed by atoms with van der Waals surface area (Å²) in [5.74, 6) is 0. The standard InChI is InChI=1S/C14H15ClN2/c1-9-5-10(2)7-11(6-9)14(16)12-3-4-17-8-13(12)15/h3-8,14H,16H2,1-2H3. The molecule has 1 aromatic heterocycles. The van der Waals surface area contributed by atoms with Gasteiger partial charge in [0.05, 0.1) is 11.1 Å². The molecule has 0 saturated heterocycles. The van der Waals surface area contributed by atoms with Crippen LogP contribution >= 0.6 is 11.6 Å². The predicted octanol–water partition coefficient (Wildman–Crippen LogP) is 3.40. The maximum Gasteiger partial charge on any atom is 0.0640 e. The Morgan fingerprint density at radius 3 is 2.41 bits per heavy atom. The summed E-state index contributed by atoms with van der Waals surface area (Å²) in [4.78, 5) is 3.97. The van der Waals surface area contributed by atoms with Crippen LogP contribution in [-0.4, -0.2) is 4.98 Å². The van der Waals surface area contributed by atoms with Crippen molar-refractivity contribution in [3.05, 3.63) is 63.9 Å². The lowest BCUT2D eigenvalue weighted by molar-refractivity contribution is 0.864. The third kappa shape index (κ3) is 2.65. The van der Waals surface area contributed by atoms with Crippen LogP contribution in [0.3, 0.4) is 0 Å². The van der Waals surface area contributed by atoms with Gasteiger partial charge in [-0.2, -0.15) is 0 Å². The Bertz CT molecular complexity index is 517. The van der Waals surface area contributed by atoms with Gasteiger partial charge < -0.3 is 5.73 Å². The number of hydrogen-bond donors (Lipinski definition) is 1. The fourth-order valence-corrected chi connectivity index (χ4v) is 2.24. The molecular weight excluding hydrogens is 232 g/mol. The number of aryl methyl sites for hydroxylation is 2. The van der Waals surface area contributed by atoms with Gasteiger partial charge in [0, 0.05) is 12.4 Å². The fraction of sp³-hybridized carbons (Fsp3) is 0.214. The Balaban J connectivity index is 2.43. The summed E-state index contributed by atoms with van der Waals surface area (Å²) in [7, 11) is 0. The summed E-state index contributed by atoms with van der Waals surface area (Å²) in [6.07, 6.45) is 3.34. The second kappa shape index (κ2) is 4.86. The van der Waals surface area contributed by atoms with Crippen LogP contribution in [0.1, 0.15) is 28.3 Å². The van der Waals surface area contributed by atoms with Crippen LogP contribution in [0.4, 0.5) is 0 Å². The predicted molar refractivity (Wildman–Crippen MR) is 71.2 cm³/mol. The molecule has 0 fully saturated rings. The van der Waals surface area contributed by atoms with Crippen LogP contribution in [0.15, 0.2) is 36.7 Å². The molecule has 0 aliphatic rings. The van der Waals surface area contributed by atoms with E-state index in [4.69, 9.17) is 17.3 Å². The summed E-state index contributed by atoms with van der Waals surface area (Å²) in [6.45, 7) is 4.13. The molecule has 2 nitrogen and oxygen atoms in total. The van der Waals surface area contributed by atoms with Crippen LogP contribution in [-0.2, 0) is 0 Å². The Kier molecular flexibility index (Phi) is 3.46. The zero-order chi connectivity index (χ0) is 12.4. The minimum Gasteiger partial charge on any atom is -0.320 e. The van der Waals surface area contributed by atoms with E-state index in [2.05, 4.69) is 37.0 Å². The minimum absolute atomic E-state index is 0.205. The molecule has 2 rings (SSSR count). The topological polar surface area (TPSA) is 38.9 Å². The number of nitrogens with zero attached hydrogens (tertiary/aromatic N) is 1. The van der Waals surface area contributed by atoms with Gasteiger partial charge >= 0.3 is 0 Å². The van der Waals surface area contributed by atoms with E-state index < -0.39 is 0 Å². The van der Waals surface area contributed by atoms with Gasteiger partial charge in [0.15, 0.2) is 0 Å². The molecule has 0 amide bonds. The summed E-state index contributed by atoms with van der Waals surface area (Å²) >= 11 is 6.11. The van der Waals surface area contributed by atoms with Gasteiger partial charge in [0.25, 0.3) is 0 Å². The lowest BCUT2D eigenvalue weighted by atomic mass is 9.97. The molecule has 1 atom stereocenters. The largest absolute Gasteiger partial charge is 0.320 e. The number of hydrogen-bond acceptors (Lipinski definition) is 2. The van der Waals surface area contributed by atoms with Crippen molar-refractivity contribution >= 4 is 11.6 Å². The monoisotopic (exact) mass is 246 g/mol. The molecule has 17 heavy (non-hydrogen) atoms. The molecule has 0 aliphatic carbocycles. The number of pyridine rings is 1. The van der Waals surface area contributed by atoms with E-state index in [1.165, 1.54) is 11.1 Å². The average molecular weight is 247 g/mol. The fourth-order valence-electron chi connectivity index (χ4n) is 2.01. The van der Waals surface area contributed by atoms with E-state index in [1.807, 2.05) is 6.07 Å². The maximum absolute atomic E-state index is 6.24. The number of rotatable bonds is 2. The lowest BCUT2D eigenvalue weighted by Gasteiger charge is -2.15. The van der Waals surface area contributed by atoms with Crippen LogP contribution in [0.5, 0.6) is 0 Å². The van der Waals surface area contributed by atoms with Gasteiger partial charge in [-0.15, -0.1) is 0 Å². The Morgan fingerprint density at radius 1 is 1.18 bits per heavy atom. The molecule has 0 spiro atoms. The molecule has 0 saturated carbocycles. The Morgan fingerprint density at radius 2 is 1.82 bits per heavy atom. The van der Waals surface area contributed by atoms with Gasteiger partial charge in [-0.1, -0.05) is 40.9 Å². The molecule has 2 N–H and O–H groups in total. The van der Waals surface area contributed by atoms with Gasteiger partial charge in [-0.25, -0.2) is 0 Å². The van der Waals surface area contributed by atoms with Crippen molar-refractivity contribution in [3.8, 4) is 0 Å². The van der Waals surface area contributed by atoms with Crippen LogP contribution in [0, 0.1) is 13.8 Å². The van der Waals surface area contributed by atoms with Gasteiger partial charge in [-0.3, -0.25) is 4.98 Å². The zero-order valence-corrected chi connectivity index (χ0v) is 10.7. The molecule has 0 bridgehead atoms. The van der Waals surface area contributed by atoms with Crippen molar-refractivity contribution in [2.75, 3.05) is 0 Å². The molecule has 1 heterocycles. The van der Waals surface area contributed by atoms with Crippen molar-refractivity contribution < 1.29 is 0 Å². The molecule has 1 unspecified atom stereocenters. The summed E-state index contributed by atoms with van der Waals surface area (Å²) in [6, 6.07) is 7.97. The summed E-state index contributed by atoms with van der Waals surface area (Å²) in [5.41, 5.74) is 10.6. The van der Waals surface area contributed by atoms with Crippen molar-refractivity contribution in [3.63, 3.8) is 0 Å². The van der Waals surface area contributed by atoms with E-state index in [1.54, 1.807) is 12.4 Å². The average Bonchev–Trinajstić information content (AvgIpc) is 2.27. The highest BCUT2D eigenvalue weighted by Crippen LogP contribution is 2.26. The lowest BCUT2D eigenvalue weighted by Crippen LogP contribution is -2.13. The smallest absolute Gasteiger partial charge is 0.0640 e. The van der Waals surface area contributed by atoms with Crippen molar-refractivity contribution in [1.29, 1.82) is 0 Å². The summed E-state index contributed by atoms with van der Waals surface area (Å²) < 4.78 is 0. The van der Waals surface area contributed by atoms with E-state index >= 15 is 0 Å². The molecule has 0 radical (unpaired) electrons. The van der Waals surface area contributed by atoms with E-state index in [0.29, 0.717) is 5.02 Å².